The van der Waals surface area contributed by atoms with Crippen LogP contribution < -0.4 is 4.90 Å². The van der Waals surface area contributed by atoms with Gasteiger partial charge in [-0.15, -0.1) is 0 Å². The summed E-state index contributed by atoms with van der Waals surface area (Å²) in [5.41, 5.74) is 0.637. The largest absolute Gasteiger partial charge is 0.314 e. The van der Waals surface area contributed by atoms with E-state index in [1.165, 1.54) is 22.2 Å². The maximum atomic E-state index is 12.0. The number of nitrogens with zero attached hydrogens (tertiary/aromatic N) is 4. The lowest BCUT2D eigenvalue weighted by Crippen LogP contribution is -2.30. The molecule has 1 amide bonds. The summed E-state index contributed by atoms with van der Waals surface area (Å²) >= 11 is 11.8. The summed E-state index contributed by atoms with van der Waals surface area (Å²) < 4.78 is 1.45. The van der Waals surface area contributed by atoms with Gasteiger partial charge in [-0.25, -0.2) is 9.67 Å². The number of aromatic nitrogens is 3. The van der Waals surface area contributed by atoms with Gasteiger partial charge in [0.25, 0.3) is 0 Å². The van der Waals surface area contributed by atoms with E-state index in [-0.39, 0.29) is 12.5 Å². The van der Waals surface area contributed by atoms with Crippen molar-refractivity contribution in [3.63, 3.8) is 0 Å². The van der Waals surface area contributed by atoms with Crippen LogP contribution in [0.2, 0.25) is 10.0 Å². The number of anilines is 1. The second-order valence-corrected chi connectivity index (χ2v) is 4.55. The normalized spacial score (nSPS) is 10.4. The van der Waals surface area contributed by atoms with Crippen LogP contribution in [0.15, 0.2) is 30.9 Å². The molecule has 1 aromatic carbocycles. The van der Waals surface area contributed by atoms with Crippen LogP contribution in [0.3, 0.4) is 0 Å². The third-order valence-electron chi connectivity index (χ3n) is 2.37. The maximum absolute atomic E-state index is 12.0. The Kier molecular flexibility index (Phi) is 3.84. The molecule has 0 bridgehead atoms. The number of amides is 1. The van der Waals surface area contributed by atoms with Crippen LogP contribution in [0.5, 0.6) is 0 Å². The highest BCUT2D eigenvalue weighted by Crippen LogP contribution is 2.24. The van der Waals surface area contributed by atoms with Gasteiger partial charge in [0, 0.05) is 22.8 Å². The lowest BCUT2D eigenvalue weighted by Gasteiger charge is -2.17. The van der Waals surface area contributed by atoms with Crippen LogP contribution >= 0.6 is 23.2 Å². The van der Waals surface area contributed by atoms with E-state index in [0.717, 1.165) is 0 Å². The van der Waals surface area contributed by atoms with E-state index in [1.807, 2.05) is 0 Å². The zero-order valence-corrected chi connectivity index (χ0v) is 11.1. The van der Waals surface area contributed by atoms with E-state index in [2.05, 4.69) is 10.1 Å². The molecular weight excluding hydrogens is 275 g/mol. The molecule has 18 heavy (non-hydrogen) atoms. The van der Waals surface area contributed by atoms with Gasteiger partial charge in [-0.1, -0.05) is 23.2 Å². The molecule has 5 nitrogen and oxygen atoms in total. The molecule has 0 saturated heterocycles. The SMILES string of the molecule is CN(C(=O)Cn1cncn1)c1cc(Cl)cc(Cl)c1. The Bertz CT molecular complexity index is 536. The zero-order valence-electron chi connectivity index (χ0n) is 9.55. The first-order chi connectivity index (χ1) is 8.56. The molecule has 0 atom stereocenters. The Morgan fingerprint density at radius 3 is 2.56 bits per heavy atom. The molecule has 94 valence electrons. The van der Waals surface area contributed by atoms with Crippen LogP contribution in [0.1, 0.15) is 0 Å². The minimum Gasteiger partial charge on any atom is -0.314 e. The molecule has 0 aliphatic heterocycles. The highest BCUT2D eigenvalue weighted by atomic mass is 35.5. The van der Waals surface area contributed by atoms with Crippen molar-refractivity contribution >= 4 is 34.8 Å². The molecule has 0 fully saturated rings. The van der Waals surface area contributed by atoms with Gasteiger partial charge in [0.05, 0.1) is 0 Å². The number of carbonyl (C=O) groups is 1. The second kappa shape index (κ2) is 5.37. The van der Waals surface area contributed by atoms with Gasteiger partial charge in [-0.2, -0.15) is 5.10 Å². The molecule has 0 aliphatic rings. The number of hydrogen-bond acceptors (Lipinski definition) is 3. The highest BCUT2D eigenvalue weighted by molar-refractivity contribution is 6.35. The number of carbonyl (C=O) groups excluding carboxylic acids is 1. The van der Waals surface area contributed by atoms with Crippen LogP contribution in [-0.2, 0) is 11.3 Å². The summed E-state index contributed by atoms with van der Waals surface area (Å²) in [6, 6.07) is 4.96. The number of hydrogen-bond donors (Lipinski definition) is 0. The first-order valence-electron chi connectivity index (χ1n) is 5.11. The predicted molar refractivity (Wildman–Crippen MR) is 69.9 cm³/mol. The lowest BCUT2D eigenvalue weighted by molar-refractivity contribution is -0.119. The Morgan fingerprint density at radius 1 is 1.33 bits per heavy atom. The Balaban J connectivity index is 2.15. The summed E-state index contributed by atoms with van der Waals surface area (Å²) in [4.78, 5) is 17.2. The second-order valence-electron chi connectivity index (χ2n) is 3.67. The van der Waals surface area contributed by atoms with Crippen molar-refractivity contribution in [2.45, 2.75) is 6.54 Å². The Morgan fingerprint density at radius 2 is 2.00 bits per heavy atom. The minimum atomic E-state index is -0.140. The maximum Gasteiger partial charge on any atom is 0.248 e. The quantitative estimate of drug-likeness (QED) is 0.869. The fraction of sp³-hybridized carbons (Fsp3) is 0.182. The molecule has 2 rings (SSSR count). The van der Waals surface area contributed by atoms with E-state index in [0.29, 0.717) is 15.7 Å². The van der Waals surface area contributed by atoms with E-state index in [1.54, 1.807) is 25.2 Å². The van der Waals surface area contributed by atoms with Crippen molar-refractivity contribution in [3.05, 3.63) is 40.9 Å². The Hall–Kier alpha value is -1.59. The van der Waals surface area contributed by atoms with Crippen molar-refractivity contribution in [1.82, 2.24) is 14.8 Å². The van der Waals surface area contributed by atoms with Crippen molar-refractivity contribution in [2.24, 2.45) is 0 Å². The number of rotatable bonds is 3. The van der Waals surface area contributed by atoms with Gasteiger partial charge in [-0.05, 0) is 18.2 Å². The summed E-state index contributed by atoms with van der Waals surface area (Å²) in [6.45, 7) is 0.112. The molecule has 0 aliphatic carbocycles. The highest BCUT2D eigenvalue weighted by Gasteiger charge is 2.13. The van der Waals surface area contributed by atoms with Gasteiger partial charge < -0.3 is 4.90 Å². The van der Waals surface area contributed by atoms with Crippen LogP contribution in [0, 0.1) is 0 Å². The summed E-state index contributed by atoms with van der Waals surface area (Å²) in [7, 11) is 1.65. The van der Waals surface area contributed by atoms with Crippen molar-refractivity contribution in [1.29, 1.82) is 0 Å². The first kappa shape index (κ1) is 12.9. The van der Waals surface area contributed by atoms with Gasteiger partial charge in [0.15, 0.2) is 0 Å². The summed E-state index contributed by atoms with van der Waals surface area (Å²) in [6.07, 6.45) is 2.86. The molecule has 0 N–H and O–H groups in total. The van der Waals surface area contributed by atoms with Gasteiger partial charge >= 0.3 is 0 Å². The van der Waals surface area contributed by atoms with Crippen LogP contribution in [-0.4, -0.2) is 27.7 Å². The molecule has 2 aromatic rings. The summed E-state index contributed by atoms with van der Waals surface area (Å²) in [5, 5.41) is 4.84. The third kappa shape index (κ3) is 3.00. The fourth-order valence-corrected chi connectivity index (χ4v) is 1.95. The lowest BCUT2D eigenvalue weighted by atomic mass is 10.3. The van der Waals surface area contributed by atoms with Crippen LogP contribution in [0.25, 0.3) is 0 Å². The minimum absolute atomic E-state index is 0.112. The molecule has 0 radical (unpaired) electrons. The fourth-order valence-electron chi connectivity index (χ4n) is 1.44. The standard InChI is InChI=1S/C11H10Cl2N4O/c1-16(10-3-8(12)2-9(13)4-10)11(18)5-17-7-14-6-15-17/h2-4,6-7H,5H2,1H3. The number of benzene rings is 1. The number of likely N-dealkylation sites (N-methyl/N-ethyl adjacent to an activating group) is 1. The molecule has 0 saturated carbocycles. The predicted octanol–water partition coefficient (Wildman–Crippen LogP) is 2.25. The number of halogens is 2. The average Bonchev–Trinajstić information content (AvgIpc) is 2.79. The first-order valence-corrected chi connectivity index (χ1v) is 5.87. The van der Waals surface area contributed by atoms with Gasteiger partial charge in [-0.3, -0.25) is 4.79 Å². The summed E-state index contributed by atoms with van der Waals surface area (Å²) in [5.74, 6) is -0.140. The smallest absolute Gasteiger partial charge is 0.248 e. The monoisotopic (exact) mass is 284 g/mol. The van der Waals surface area contributed by atoms with E-state index in [9.17, 15) is 4.79 Å². The topological polar surface area (TPSA) is 51.0 Å². The Labute approximate surface area is 114 Å². The van der Waals surface area contributed by atoms with Gasteiger partial charge in [0.1, 0.15) is 19.2 Å². The zero-order chi connectivity index (χ0) is 13.1. The van der Waals surface area contributed by atoms with Crippen molar-refractivity contribution < 1.29 is 4.79 Å². The van der Waals surface area contributed by atoms with E-state index >= 15 is 0 Å². The van der Waals surface area contributed by atoms with Crippen molar-refractivity contribution in [3.8, 4) is 0 Å². The molecule has 7 heteroatoms. The molecule has 1 aromatic heterocycles. The van der Waals surface area contributed by atoms with Crippen molar-refractivity contribution in [2.75, 3.05) is 11.9 Å². The third-order valence-corrected chi connectivity index (χ3v) is 2.81. The molecule has 1 heterocycles. The molecule has 0 spiro atoms. The van der Waals surface area contributed by atoms with E-state index in [4.69, 9.17) is 23.2 Å². The molecular formula is C11H10Cl2N4O. The van der Waals surface area contributed by atoms with E-state index < -0.39 is 0 Å². The average molecular weight is 285 g/mol. The van der Waals surface area contributed by atoms with Crippen LogP contribution in [0.4, 0.5) is 5.69 Å². The molecule has 0 unspecified atom stereocenters. The van der Waals surface area contributed by atoms with Gasteiger partial charge in [0.2, 0.25) is 5.91 Å².